The number of halogens is 1. The maximum absolute atomic E-state index is 13.6. The summed E-state index contributed by atoms with van der Waals surface area (Å²) in [5.41, 5.74) is 2.28. The molecule has 1 unspecified atom stereocenters. The molecule has 0 aromatic carbocycles. The summed E-state index contributed by atoms with van der Waals surface area (Å²) in [7, 11) is 0. The molecule has 8 heteroatoms. The van der Waals surface area contributed by atoms with Gasteiger partial charge in [-0.15, -0.1) is 0 Å². The Bertz CT molecular complexity index is 454. The summed E-state index contributed by atoms with van der Waals surface area (Å²) in [6.07, 6.45) is 1.83. The van der Waals surface area contributed by atoms with E-state index in [1.807, 2.05) is 0 Å². The van der Waals surface area contributed by atoms with Gasteiger partial charge in [-0.2, -0.15) is 4.98 Å². The Balaban J connectivity index is 2.11. The third-order valence-electron chi connectivity index (χ3n) is 2.75. The van der Waals surface area contributed by atoms with Crippen molar-refractivity contribution in [3.05, 3.63) is 12.0 Å². The van der Waals surface area contributed by atoms with Crippen LogP contribution in [0.3, 0.4) is 0 Å². The second kappa shape index (κ2) is 5.13. The van der Waals surface area contributed by atoms with E-state index >= 15 is 0 Å². The van der Waals surface area contributed by atoms with Crippen LogP contribution in [0.15, 0.2) is 6.20 Å². The molecule has 0 radical (unpaired) electrons. The number of hydrogen-bond donors (Lipinski definition) is 3. The maximum atomic E-state index is 13.6. The molecule has 0 aliphatic carbocycles. The lowest BCUT2D eigenvalue weighted by Crippen LogP contribution is -2.36. The van der Waals surface area contributed by atoms with Crippen molar-refractivity contribution in [3.8, 4) is 0 Å². The van der Waals surface area contributed by atoms with Crippen LogP contribution >= 0.6 is 0 Å². The molecule has 1 aliphatic rings. The molecule has 98 valence electrons. The zero-order valence-corrected chi connectivity index (χ0v) is 9.98. The van der Waals surface area contributed by atoms with E-state index in [-0.39, 0.29) is 23.7 Å². The minimum atomic E-state index is -0.502. The van der Waals surface area contributed by atoms with Crippen LogP contribution in [0.25, 0.3) is 0 Å². The summed E-state index contributed by atoms with van der Waals surface area (Å²) in [6, 6.07) is 0.0196. The van der Waals surface area contributed by atoms with E-state index in [4.69, 9.17) is 5.84 Å². The van der Waals surface area contributed by atoms with E-state index in [0.29, 0.717) is 13.1 Å². The van der Waals surface area contributed by atoms with Gasteiger partial charge in [-0.1, -0.05) is 0 Å². The van der Waals surface area contributed by atoms with E-state index in [1.165, 1.54) is 6.92 Å². The molecule has 4 N–H and O–H groups in total. The summed E-state index contributed by atoms with van der Waals surface area (Å²) in [5, 5.41) is 2.80. The zero-order valence-electron chi connectivity index (χ0n) is 9.98. The van der Waals surface area contributed by atoms with Crippen molar-refractivity contribution in [1.29, 1.82) is 0 Å². The molecule has 7 nitrogen and oxygen atoms in total. The number of hydrogen-bond acceptors (Lipinski definition) is 6. The van der Waals surface area contributed by atoms with E-state index in [0.717, 1.165) is 12.6 Å². The molecule has 1 saturated heterocycles. The number of anilines is 2. The summed E-state index contributed by atoms with van der Waals surface area (Å²) >= 11 is 0. The first-order valence-electron chi connectivity index (χ1n) is 5.61. The van der Waals surface area contributed by atoms with Crippen LogP contribution in [0.4, 0.5) is 16.2 Å². The van der Waals surface area contributed by atoms with Crippen LogP contribution in [0.1, 0.15) is 13.3 Å². The Labute approximate surface area is 104 Å². The molecule has 1 amide bonds. The molecule has 18 heavy (non-hydrogen) atoms. The monoisotopic (exact) mass is 254 g/mol. The van der Waals surface area contributed by atoms with Crippen molar-refractivity contribution >= 4 is 17.7 Å². The number of amides is 1. The number of nitrogen functional groups attached to an aromatic ring is 1. The van der Waals surface area contributed by atoms with Crippen LogP contribution in [0.5, 0.6) is 0 Å². The Morgan fingerprint density at radius 3 is 3.11 bits per heavy atom. The fourth-order valence-corrected chi connectivity index (χ4v) is 2.01. The Morgan fingerprint density at radius 2 is 2.44 bits per heavy atom. The third kappa shape index (κ3) is 2.65. The second-order valence-corrected chi connectivity index (χ2v) is 4.14. The van der Waals surface area contributed by atoms with Gasteiger partial charge in [-0.3, -0.25) is 10.2 Å². The van der Waals surface area contributed by atoms with Gasteiger partial charge in [0.25, 0.3) is 0 Å². The number of rotatable bonds is 3. The van der Waals surface area contributed by atoms with Gasteiger partial charge in [0.2, 0.25) is 11.9 Å². The number of aromatic nitrogens is 2. The normalized spacial score (nSPS) is 18.8. The predicted molar refractivity (Wildman–Crippen MR) is 64.2 cm³/mol. The van der Waals surface area contributed by atoms with E-state index in [2.05, 4.69) is 20.7 Å². The number of hydrazine groups is 1. The molecule has 1 fully saturated rings. The van der Waals surface area contributed by atoms with Crippen LogP contribution in [0.2, 0.25) is 0 Å². The molecule has 1 atom stereocenters. The number of carbonyl (C=O) groups excluding carboxylic acids is 1. The van der Waals surface area contributed by atoms with Crippen molar-refractivity contribution in [2.45, 2.75) is 19.4 Å². The van der Waals surface area contributed by atoms with Crippen LogP contribution in [-0.4, -0.2) is 35.0 Å². The molecule has 0 saturated carbocycles. The van der Waals surface area contributed by atoms with Crippen molar-refractivity contribution in [2.24, 2.45) is 5.84 Å². The number of nitrogens with one attached hydrogen (secondary N) is 2. The van der Waals surface area contributed by atoms with Gasteiger partial charge in [0.15, 0.2) is 11.6 Å². The van der Waals surface area contributed by atoms with Gasteiger partial charge >= 0.3 is 0 Å². The van der Waals surface area contributed by atoms with Crippen molar-refractivity contribution in [2.75, 3.05) is 23.4 Å². The molecule has 1 aliphatic heterocycles. The van der Waals surface area contributed by atoms with Crippen LogP contribution in [0, 0.1) is 5.82 Å². The number of nitrogens with two attached hydrogens (primary N) is 1. The molecule has 1 aromatic rings. The minimum Gasteiger partial charge on any atom is -0.352 e. The first-order chi connectivity index (χ1) is 8.60. The molecule has 0 bridgehead atoms. The molecule has 2 rings (SSSR count). The fourth-order valence-electron chi connectivity index (χ4n) is 2.01. The average molecular weight is 254 g/mol. The topological polar surface area (TPSA) is 96.2 Å². The SMILES string of the molecule is CC(=O)NC1CCN(c2nc(NN)ncc2F)C1. The van der Waals surface area contributed by atoms with E-state index < -0.39 is 5.82 Å². The predicted octanol–water partition coefficient (Wildman–Crippen LogP) is -0.384. The zero-order chi connectivity index (χ0) is 13.1. The lowest BCUT2D eigenvalue weighted by atomic mass is 10.3. The minimum absolute atomic E-state index is 0.0196. The van der Waals surface area contributed by atoms with Crippen molar-refractivity contribution in [3.63, 3.8) is 0 Å². The quantitative estimate of drug-likeness (QED) is 0.502. The molecule has 0 spiro atoms. The lowest BCUT2D eigenvalue weighted by Gasteiger charge is -2.18. The second-order valence-electron chi connectivity index (χ2n) is 4.14. The van der Waals surface area contributed by atoms with Gasteiger partial charge < -0.3 is 10.2 Å². The van der Waals surface area contributed by atoms with Crippen molar-refractivity contribution in [1.82, 2.24) is 15.3 Å². The maximum Gasteiger partial charge on any atom is 0.239 e. The van der Waals surface area contributed by atoms with Crippen molar-refractivity contribution < 1.29 is 9.18 Å². The highest BCUT2D eigenvalue weighted by Crippen LogP contribution is 2.21. The smallest absolute Gasteiger partial charge is 0.239 e. The number of nitrogens with zero attached hydrogens (tertiary/aromatic N) is 3. The third-order valence-corrected chi connectivity index (χ3v) is 2.75. The Kier molecular flexibility index (Phi) is 3.56. The Hall–Kier alpha value is -1.96. The first-order valence-corrected chi connectivity index (χ1v) is 5.61. The van der Waals surface area contributed by atoms with E-state index in [1.54, 1.807) is 4.90 Å². The van der Waals surface area contributed by atoms with Crippen LogP contribution in [-0.2, 0) is 4.79 Å². The fraction of sp³-hybridized carbons (Fsp3) is 0.500. The Morgan fingerprint density at radius 1 is 1.67 bits per heavy atom. The van der Waals surface area contributed by atoms with Crippen LogP contribution < -0.4 is 21.5 Å². The summed E-state index contributed by atoms with van der Waals surface area (Å²) in [5.74, 6) is 4.96. The highest BCUT2D eigenvalue weighted by molar-refractivity contribution is 5.73. The largest absolute Gasteiger partial charge is 0.352 e. The highest BCUT2D eigenvalue weighted by atomic mass is 19.1. The van der Waals surface area contributed by atoms with Gasteiger partial charge in [0.1, 0.15) is 0 Å². The summed E-state index contributed by atoms with van der Waals surface area (Å²) in [6.45, 7) is 2.62. The standard InChI is InChI=1S/C10H15FN6O/c1-6(18)14-7-2-3-17(5-7)9-8(11)4-13-10(15-9)16-12/h4,7H,2-3,5,12H2,1H3,(H,14,18)(H,13,15,16). The summed E-state index contributed by atoms with van der Waals surface area (Å²) in [4.78, 5) is 20.4. The van der Waals surface area contributed by atoms with Gasteiger partial charge in [-0.05, 0) is 6.42 Å². The van der Waals surface area contributed by atoms with Gasteiger partial charge in [0.05, 0.1) is 6.20 Å². The summed E-state index contributed by atoms with van der Waals surface area (Å²) < 4.78 is 13.6. The average Bonchev–Trinajstić information content (AvgIpc) is 2.77. The molecular weight excluding hydrogens is 239 g/mol. The molecule has 2 heterocycles. The number of carbonyl (C=O) groups is 1. The molecule has 1 aromatic heterocycles. The first kappa shape index (κ1) is 12.5. The van der Waals surface area contributed by atoms with Gasteiger partial charge in [-0.25, -0.2) is 15.2 Å². The van der Waals surface area contributed by atoms with E-state index in [9.17, 15) is 9.18 Å². The lowest BCUT2D eigenvalue weighted by molar-refractivity contribution is -0.119. The highest BCUT2D eigenvalue weighted by Gasteiger charge is 2.26. The molecular formula is C10H15FN6O. The van der Waals surface area contributed by atoms with Gasteiger partial charge in [0, 0.05) is 26.1 Å².